The lowest BCUT2D eigenvalue weighted by atomic mass is 10.1. The summed E-state index contributed by atoms with van der Waals surface area (Å²) in [6.07, 6.45) is 2.68. The monoisotopic (exact) mass is 312 g/mol. The molecule has 2 aromatic carbocycles. The third kappa shape index (κ3) is 4.67. The molecule has 0 unspecified atom stereocenters. The van der Waals surface area contributed by atoms with E-state index in [0.29, 0.717) is 17.9 Å². The van der Waals surface area contributed by atoms with Gasteiger partial charge in [0.25, 0.3) is 5.69 Å². The summed E-state index contributed by atoms with van der Waals surface area (Å²) in [4.78, 5) is 22.3. The maximum Gasteiger partial charge on any atom is 0.276 e. The molecule has 1 amide bonds. The zero-order chi connectivity index (χ0) is 16.7. The smallest absolute Gasteiger partial charge is 0.276 e. The van der Waals surface area contributed by atoms with E-state index in [0.717, 1.165) is 5.75 Å². The first-order valence-electron chi connectivity index (χ1n) is 7.05. The predicted molar refractivity (Wildman–Crippen MR) is 88.4 cm³/mol. The maximum atomic E-state index is 11.9. The molecular formula is C17H16N2O4. The van der Waals surface area contributed by atoms with Gasteiger partial charge in [0.1, 0.15) is 5.75 Å². The van der Waals surface area contributed by atoms with Crippen LogP contribution in [-0.4, -0.2) is 17.4 Å². The molecule has 2 rings (SSSR count). The van der Waals surface area contributed by atoms with Crippen molar-refractivity contribution in [3.05, 3.63) is 70.3 Å². The van der Waals surface area contributed by atoms with Crippen molar-refractivity contribution in [1.82, 2.24) is 0 Å². The molecule has 0 aliphatic heterocycles. The van der Waals surface area contributed by atoms with E-state index in [4.69, 9.17) is 4.74 Å². The number of rotatable bonds is 6. The molecule has 0 bridgehead atoms. The summed E-state index contributed by atoms with van der Waals surface area (Å²) >= 11 is 0. The summed E-state index contributed by atoms with van der Waals surface area (Å²) in [6.45, 7) is 2.47. The largest absolute Gasteiger partial charge is 0.494 e. The first kappa shape index (κ1) is 16.2. The molecule has 0 saturated carbocycles. The molecule has 0 atom stereocenters. The first-order valence-corrected chi connectivity index (χ1v) is 7.05. The van der Waals surface area contributed by atoms with Crippen LogP contribution in [0.15, 0.2) is 54.6 Å². The average Bonchev–Trinajstić information content (AvgIpc) is 2.55. The Morgan fingerprint density at radius 1 is 1.22 bits per heavy atom. The molecule has 0 spiro atoms. The van der Waals surface area contributed by atoms with Crippen LogP contribution >= 0.6 is 0 Å². The molecule has 0 fully saturated rings. The zero-order valence-electron chi connectivity index (χ0n) is 12.6. The minimum atomic E-state index is -0.482. The molecule has 0 aliphatic rings. The van der Waals surface area contributed by atoms with Crippen molar-refractivity contribution < 1.29 is 14.5 Å². The van der Waals surface area contributed by atoms with Crippen LogP contribution in [0.25, 0.3) is 6.08 Å². The Labute approximate surface area is 133 Å². The topological polar surface area (TPSA) is 81.5 Å². The van der Waals surface area contributed by atoms with Gasteiger partial charge in [-0.05, 0) is 43.3 Å². The highest BCUT2D eigenvalue weighted by Crippen LogP contribution is 2.19. The van der Waals surface area contributed by atoms with Crippen LogP contribution in [0, 0.1) is 10.1 Å². The quantitative estimate of drug-likeness (QED) is 0.501. The Kier molecular flexibility index (Phi) is 5.46. The minimum Gasteiger partial charge on any atom is -0.494 e. The number of nitro groups is 1. The molecule has 0 aliphatic carbocycles. The van der Waals surface area contributed by atoms with Crippen molar-refractivity contribution in [2.45, 2.75) is 6.92 Å². The van der Waals surface area contributed by atoms with Gasteiger partial charge in [-0.25, -0.2) is 0 Å². The number of ether oxygens (including phenoxy) is 1. The second-order valence-electron chi connectivity index (χ2n) is 4.60. The van der Waals surface area contributed by atoms with E-state index >= 15 is 0 Å². The highest BCUT2D eigenvalue weighted by Gasteiger charge is 2.09. The number of nitro benzene ring substituents is 1. The number of para-hydroxylation sites is 1. The Morgan fingerprint density at radius 2 is 1.91 bits per heavy atom. The Morgan fingerprint density at radius 3 is 2.57 bits per heavy atom. The van der Waals surface area contributed by atoms with Gasteiger partial charge in [0.05, 0.1) is 17.1 Å². The Hall–Kier alpha value is -3.15. The molecule has 23 heavy (non-hydrogen) atoms. The second kappa shape index (κ2) is 7.74. The standard InChI is InChI=1S/C17H16N2O4/c1-2-23-15-10-8-14(9-11-15)18-17(20)12-7-13-5-3-4-6-16(13)19(21)22/h3-12H,2H2,1H3,(H,18,20)/b12-7+. The number of amides is 1. The highest BCUT2D eigenvalue weighted by atomic mass is 16.6. The lowest BCUT2D eigenvalue weighted by Crippen LogP contribution is -2.07. The number of benzene rings is 2. The van der Waals surface area contributed by atoms with Gasteiger partial charge in [0, 0.05) is 17.8 Å². The van der Waals surface area contributed by atoms with Crippen molar-refractivity contribution in [2.75, 3.05) is 11.9 Å². The van der Waals surface area contributed by atoms with Gasteiger partial charge < -0.3 is 10.1 Å². The van der Waals surface area contributed by atoms with Crippen molar-refractivity contribution in [2.24, 2.45) is 0 Å². The van der Waals surface area contributed by atoms with Crippen LogP contribution in [0.4, 0.5) is 11.4 Å². The fourth-order valence-electron chi connectivity index (χ4n) is 1.95. The summed E-state index contributed by atoms with van der Waals surface area (Å²) in [7, 11) is 0. The number of nitrogens with one attached hydrogen (secondary N) is 1. The van der Waals surface area contributed by atoms with Gasteiger partial charge in [0.15, 0.2) is 0 Å². The summed E-state index contributed by atoms with van der Waals surface area (Å²) in [6, 6.07) is 13.2. The normalized spacial score (nSPS) is 10.5. The summed E-state index contributed by atoms with van der Waals surface area (Å²) < 4.78 is 5.32. The first-order chi connectivity index (χ1) is 11.1. The molecule has 6 nitrogen and oxygen atoms in total. The predicted octanol–water partition coefficient (Wildman–Crippen LogP) is 3.65. The van der Waals surface area contributed by atoms with Crippen LogP contribution in [0.5, 0.6) is 5.75 Å². The number of anilines is 1. The average molecular weight is 312 g/mol. The molecule has 1 N–H and O–H groups in total. The van der Waals surface area contributed by atoms with Crippen LogP contribution in [0.1, 0.15) is 12.5 Å². The van der Waals surface area contributed by atoms with Crippen LogP contribution in [-0.2, 0) is 4.79 Å². The number of hydrogen-bond donors (Lipinski definition) is 1. The zero-order valence-corrected chi connectivity index (χ0v) is 12.6. The summed E-state index contributed by atoms with van der Waals surface area (Å²) in [5.41, 5.74) is 0.947. The van der Waals surface area contributed by atoms with E-state index in [1.807, 2.05) is 6.92 Å². The van der Waals surface area contributed by atoms with E-state index in [9.17, 15) is 14.9 Å². The number of nitrogens with zero attached hydrogens (tertiary/aromatic N) is 1. The molecular weight excluding hydrogens is 296 g/mol. The molecule has 0 heterocycles. The van der Waals surface area contributed by atoms with Gasteiger partial charge >= 0.3 is 0 Å². The maximum absolute atomic E-state index is 11.9. The van der Waals surface area contributed by atoms with Crippen molar-refractivity contribution in [3.8, 4) is 5.75 Å². The van der Waals surface area contributed by atoms with Crippen molar-refractivity contribution in [3.63, 3.8) is 0 Å². The second-order valence-corrected chi connectivity index (χ2v) is 4.60. The molecule has 0 aromatic heterocycles. The number of carbonyl (C=O) groups excluding carboxylic acids is 1. The molecule has 6 heteroatoms. The number of hydrogen-bond acceptors (Lipinski definition) is 4. The molecule has 0 saturated heterocycles. The fraction of sp³-hybridized carbons (Fsp3) is 0.118. The minimum absolute atomic E-state index is 0.0439. The molecule has 0 radical (unpaired) electrons. The highest BCUT2D eigenvalue weighted by molar-refractivity contribution is 6.02. The van der Waals surface area contributed by atoms with E-state index < -0.39 is 4.92 Å². The van der Waals surface area contributed by atoms with Gasteiger partial charge in [-0.15, -0.1) is 0 Å². The van der Waals surface area contributed by atoms with Gasteiger partial charge in [0.2, 0.25) is 5.91 Å². The van der Waals surface area contributed by atoms with E-state index in [2.05, 4.69) is 5.32 Å². The number of carbonyl (C=O) groups is 1. The van der Waals surface area contributed by atoms with E-state index in [1.54, 1.807) is 42.5 Å². The van der Waals surface area contributed by atoms with Crippen molar-refractivity contribution in [1.29, 1.82) is 0 Å². The van der Waals surface area contributed by atoms with Crippen LogP contribution in [0.2, 0.25) is 0 Å². The molecule has 118 valence electrons. The van der Waals surface area contributed by atoms with Crippen LogP contribution < -0.4 is 10.1 Å². The van der Waals surface area contributed by atoms with Crippen molar-refractivity contribution >= 4 is 23.4 Å². The van der Waals surface area contributed by atoms with E-state index in [-0.39, 0.29) is 11.6 Å². The lowest BCUT2D eigenvalue weighted by molar-refractivity contribution is -0.385. The Balaban J connectivity index is 2.03. The van der Waals surface area contributed by atoms with Gasteiger partial charge in [-0.3, -0.25) is 14.9 Å². The third-order valence-electron chi connectivity index (χ3n) is 2.98. The summed E-state index contributed by atoms with van der Waals surface area (Å²) in [5, 5.41) is 13.6. The van der Waals surface area contributed by atoms with Crippen LogP contribution in [0.3, 0.4) is 0 Å². The third-order valence-corrected chi connectivity index (χ3v) is 2.98. The van der Waals surface area contributed by atoms with Gasteiger partial charge in [-0.2, -0.15) is 0 Å². The van der Waals surface area contributed by atoms with E-state index in [1.165, 1.54) is 18.2 Å². The summed E-state index contributed by atoms with van der Waals surface area (Å²) in [5.74, 6) is 0.355. The lowest BCUT2D eigenvalue weighted by Gasteiger charge is -2.05. The fourth-order valence-corrected chi connectivity index (χ4v) is 1.95. The molecule has 2 aromatic rings. The van der Waals surface area contributed by atoms with Gasteiger partial charge in [-0.1, -0.05) is 12.1 Å². The SMILES string of the molecule is CCOc1ccc(NC(=O)/C=C/c2ccccc2[N+](=O)[O-])cc1. The Bertz CT molecular complexity index is 724.